The lowest BCUT2D eigenvalue weighted by Crippen LogP contribution is -1.95. The molecule has 0 atom stereocenters. The fourth-order valence-corrected chi connectivity index (χ4v) is 2.95. The van der Waals surface area contributed by atoms with E-state index in [1.54, 1.807) is 12.1 Å². The van der Waals surface area contributed by atoms with Gasteiger partial charge >= 0.3 is 0 Å². The highest BCUT2D eigenvalue weighted by Crippen LogP contribution is 2.30. The van der Waals surface area contributed by atoms with Crippen LogP contribution in [0.3, 0.4) is 0 Å². The van der Waals surface area contributed by atoms with Crippen molar-refractivity contribution in [2.75, 3.05) is 0 Å². The van der Waals surface area contributed by atoms with Crippen molar-refractivity contribution in [3.05, 3.63) is 66.5 Å². The van der Waals surface area contributed by atoms with Gasteiger partial charge in [0, 0.05) is 18.0 Å². The van der Waals surface area contributed by atoms with E-state index >= 15 is 0 Å². The van der Waals surface area contributed by atoms with Crippen LogP contribution in [0.1, 0.15) is 38.2 Å². The molecule has 3 nitrogen and oxygen atoms in total. The van der Waals surface area contributed by atoms with Gasteiger partial charge in [-0.3, -0.25) is 0 Å². The van der Waals surface area contributed by atoms with Crippen molar-refractivity contribution in [1.29, 1.82) is 0 Å². The number of benzene rings is 2. The fraction of sp³-hybridized carbons (Fsp3) is 0.273. The molecule has 1 aromatic heterocycles. The summed E-state index contributed by atoms with van der Waals surface area (Å²) in [6, 6.07) is 15.3. The smallest absolute Gasteiger partial charge is 0.159 e. The largest absolute Gasteiger partial charge is 0.508 e. The normalized spacial score (nSPS) is 10.8. The molecule has 2 aromatic carbocycles. The summed E-state index contributed by atoms with van der Waals surface area (Å²) in [4.78, 5) is 9.18. The van der Waals surface area contributed by atoms with Gasteiger partial charge in [-0.1, -0.05) is 62.6 Å². The molecule has 3 heteroatoms. The first-order chi connectivity index (χ1) is 12.3. The Morgan fingerprint density at radius 3 is 2.16 bits per heavy atom. The molecule has 3 aromatic rings. The van der Waals surface area contributed by atoms with Crippen LogP contribution in [-0.2, 0) is 6.42 Å². The van der Waals surface area contributed by atoms with E-state index in [0.717, 1.165) is 28.9 Å². The minimum absolute atomic E-state index is 0.268. The zero-order valence-electron chi connectivity index (χ0n) is 14.7. The summed E-state index contributed by atoms with van der Waals surface area (Å²) in [6.45, 7) is 2.23. The first-order valence-corrected chi connectivity index (χ1v) is 8.97. The summed E-state index contributed by atoms with van der Waals surface area (Å²) in [5.41, 5.74) is 4.31. The summed E-state index contributed by atoms with van der Waals surface area (Å²) in [6.07, 6.45) is 9.94. The summed E-state index contributed by atoms with van der Waals surface area (Å²) in [5.74, 6) is 1.01. The minimum atomic E-state index is 0.268. The molecule has 0 radical (unpaired) electrons. The third-order valence-corrected chi connectivity index (χ3v) is 4.37. The first-order valence-electron chi connectivity index (χ1n) is 8.97. The molecule has 0 amide bonds. The third kappa shape index (κ3) is 4.44. The standard InChI is InChI=1S/C22H24N2O/c1-2-3-4-5-8-17-15-23-22(24-16-17)21-10-7-6-9-20(21)18-11-13-19(25)14-12-18/h6-7,9-16,25H,2-5,8H2,1H3. The average Bonchev–Trinajstić information content (AvgIpc) is 2.66. The van der Waals surface area contributed by atoms with Gasteiger partial charge in [0.25, 0.3) is 0 Å². The maximum atomic E-state index is 9.50. The van der Waals surface area contributed by atoms with Crippen molar-refractivity contribution in [2.45, 2.75) is 39.0 Å². The molecule has 0 aliphatic carbocycles. The second kappa shape index (κ2) is 8.43. The molecule has 3 rings (SSSR count). The molecule has 1 heterocycles. The molecule has 0 aliphatic rings. The van der Waals surface area contributed by atoms with Crippen molar-refractivity contribution in [2.24, 2.45) is 0 Å². The van der Waals surface area contributed by atoms with Crippen molar-refractivity contribution in [3.63, 3.8) is 0 Å². The molecule has 128 valence electrons. The molecule has 0 saturated heterocycles. The second-order valence-corrected chi connectivity index (χ2v) is 6.32. The van der Waals surface area contributed by atoms with Crippen molar-refractivity contribution < 1.29 is 5.11 Å². The average molecular weight is 332 g/mol. The maximum Gasteiger partial charge on any atom is 0.159 e. The number of nitrogens with zero attached hydrogens (tertiary/aromatic N) is 2. The number of aromatic nitrogens is 2. The summed E-state index contributed by atoms with van der Waals surface area (Å²) < 4.78 is 0. The van der Waals surface area contributed by atoms with Crippen LogP contribution in [0.15, 0.2) is 60.9 Å². The number of unbranched alkanes of at least 4 members (excludes halogenated alkanes) is 3. The minimum Gasteiger partial charge on any atom is -0.508 e. The Morgan fingerprint density at radius 2 is 1.48 bits per heavy atom. The fourth-order valence-electron chi connectivity index (χ4n) is 2.95. The lowest BCUT2D eigenvalue weighted by Gasteiger charge is -2.09. The predicted molar refractivity (Wildman–Crippen MR) is 102 cm³/mol. The second-order valence-electron chi connectivity index (χ2n) is 6.32. The van der Waals surface area contributed by atoms with Gasteiger partial charge in [-0.2, -0.15) is 0 Å². The molecule has 0 fully saturated rings. The molecule has 0 spiro atoms. The van der Waals surface area contributed by atoms with Gasteiger partial charge in [-0.05, 0) is 41.7 Å². The Morgan fingerprint density at radius 1 is 0.800 bits per heavy atom. The monoisotopic (exact) mass is 332 g/mol. The van der Waals surface area contributed by atoms with Crippen LogP contribution in [0, 0.1) is 0 Å². The van der Waals surface area contributed by atoms with E-state index in [2.05, 4.69) is 23.0 Å². The lowest BCUT2D eigenvalue weighted by molar-refractivity contribution is 0.475. The third-order valence-electron chi connectivity index (χ3n) is 4.37. The van der Waals surface area contributed by atoms with E-state index in [0.29, 0.717) is 0 Å². The predicted octanol–water partition coefficient (Wildman–Crippen LogP) is 5.64. The summed E-state index contributed by atoms with van der Waals surface area (Å²) in [5, 5.41) is 9.50. The van der Waals surface area contributed by atoms with E-state index in [1.807, 2.05) is 42.7 Å². The molecule has 0 aliphatic heterocycles. The SMILES string of the molecule is CCCCCCc1cnc(-c2ccccc2-c2ccc(O)cc2)nc1. The molecule has 0 saturated carbocycles. The van der Waals surface area contributed by atoms with E-state index in [1.165, 1.54) is 31.2 Å². The number of hydrogen-bond donors (Lipinski definition) is 1. The number of rotatable bonds is 7. The van der Waals surface area contributed by atoms with Gasteiger partial charge < -0.3 is 5.11 Å². The highest BCUT2D eigenvalue weighted by atomic mass is 16.3. The Labute approximate surface area is 149 Å². The number of hydrogen-bond acceptors (Lipinski definition) is 3. The van der Waals surface area contributed by atoms with Crippen LogP contribution < -0.4 is 0 Å². The summed E-state index contributed by atoms with van der Waals surface area (Å²) >= 11 is 0. The van der Waals surface area contributed by atoms with E-state index in [4.69, 9.17) is 0 Å². The molecule has 0 unspecified atom stereocenters. The highest BCUT2D eigenvalue weighted by molar-refractivity contribution is 5.80. The Hall–Kier alpha value is -2.68. The number of phenolic OH excluding ortho intramolecular Hbond substituents is 1. The zero-order valence-corrected chi connectivity index (χ0v) is 14.7. The van der Waals surface area contributed by atoms with E-state index in [9.17, 15) is 5.11 Å². The maximum absolute atomic E-state index is 9.50. The molecule has 1 N–H and O–H groups in total. The van der Waals surface area contributed by atoms with Crippen LogP contribution in [0.4, 0.5) is 0 Å². The van der Waals surface area contributed by atoms with E-state index < -0.39 is 0 Å². The highest BCUT2D eigenvalue weighted by Gasteiger charge is 2.09. The van der Waals surface area contributed by atoms with Gasteiger partial charge in [0.2, 0.25) is 0 Å². The molecular weight excluding hydrogens is 308 g/mol. The number of aromatic hydroxyl groups is 1. The van der Waals surface area contributed by atoms with Gasteiger partial charge in [-0.15, -0.1) is 0 Å². The van der Waals surface area contributed by atoms with Crippen LogP contribution in [0.2, 0.25) is 0 Å². The Bertz CT molecular complexity index is 795. The number of aryl methyl sites for hydroxylation is 1. The molecule has 0 bridgehead atoms. The van der Waals surface area contributed by atoms with Crippen molar-refractivity contribution in [3.8, 4) is 28.3 Å². The van der Waals surface area contributed by atoms with Gasteiger partial charge in [0.15, 0.2) is 5.82 Å². The van der Waals surface area contributed by atoms with Gasteiger partial charge in [0.1, 0.15) is 5.75 Å². The first kappa shape index (κ1) is 17.2. The Balaban J connectivity index is 1.81. The number of phenols is 1. The molecule has 25 heavy (non-hydrogen) atoms. The van der Waals surface area contributed by atoms with Crippen LogP contribution in [-0.4, -0.2) is 15.1 Å². The van der Waals surface area contributed by atoms with Crippen LogP contribution in [0.5, 0.6) is 5.75 Å². The van der Waals surface area contributed by atoms with Crippen LogP contribution >= 0.6 is 0 Å². The lowest BCUT2D eigenvalue weighted by atomic mass is 9.99. The van der Waals surface area contributed by atoms with Crippen LogP contribution in [0.25, 0.3) is 22.5 Å². The topological polar surface area (TPSA) is 46.0 Å². The van der Waals surface area contributed by atoms with Crippen molar-refractivity contribution in [1.82, 2.24) is 9.97 Å². The van der Waals surface area contributed by atoms with Gasteiger partial charge in [0.05, 0.1) is 0 Å². The quantitative estimate of drug-likeness (QED) is 0.570. The van der Waals surface area contributed by atoms with Gasteiger partial charge in [-0.25, -0.2) is 9.97 Å². The Kier molecular flexibility index (Phi) is 5.78. The zero-order chi connectivity index (χ0) is 17.5. The molecular formula is C22H24N2O. The van der Waals surface area contributed by atoms with E-state index in [-0.39, 0.29) is 5.75 Å². The summed E-state index contributed by atoms with van der Waals surface area (Å²) in [7, 11) is 0. The van der Waals surface area contributed by atoms with Crippen molar-refractivity contribution >= 4 is 0 Å².